The van der Waals surface area contributed by atoms with Crippen LogP contribution < -0.4 is 4.74 Å². The fourth-order valence-electron chi connectivity index (χ4n) is 2.55. The van der Waals surface area contributed by atoms with Gasteiger partial charge in [-0.15, -0.1) is 0 Å². The second kappa shape index (κ2) is 8.46. The topological polar surface area (TPSA) is 92.8 Å². The Kier molecular flexibility index (Phi) is 6.94. The summed E-state index contributed by atoms with van der Waals surface area (Å²) in [5.41, 5.74) is 0.459. The van der Waals surface area contributed by atoms with Gasteiger partial charge in [0.1, 0.15) is 0 Å². The highest BCUT2D eigenvalue weighted by atomic mass is 16.6. The zero-order chi connectivity index (χ0) is 15.8. The predicted molar refractivity (Wildman–Crippen MR) is 79.4 cm³/mol. The molecule has 0 unspecified atom stereocenters. The van der Waals surface area contributed by atoms with Crippen LogP contribution in [0.5, 0.6) is 11.5 Å². The van der Waals surface area contributed by atoms with Gasteiger partial charge in [0.05, 0.1) is 13.0 Å². The number of phenols is 1. The monoisotopic (exact) mass is 297 g/mol. The summed E-state index contributed by atoms with van der Waals surface area (Å²) in [4.78, 5) is 10.5. The van der Waals surface area contributed by atoms with Crippen LogP contribution in [-0.2, 0) is 0 Å². The number of rotatable bonds is 9. The Morgan fingerprint density at radius 3 is 2.67 bits per heavy atom. The number of para-hydroxylation sites is 1. The van der Waals surface area contributed by atoms with Crippen LogP contribution in [0.3, 0.4) is 0 Å². The summed E-state index contributed by atoms with van der Waals surface area (Å²) in [5, 5.41) is 30.7. The van der Waals surface area contributed by atoms with E-state index in [1.165, 1.54) is 7.11 Å². The lowest BCUT2D eigenvalue weighted by molar-refractivity contribution is -0.485. The molecule has 0 aliphatic carbocycles. The van der Waals surface area contributed by atoms with Crippen molar-refractivity contribution in [3.05, 3.63) is 33.9 Å². The number of nitrogens with zero attached hydrogens (tertiary/aromatic N) is 1. The summed E-state index contributed by atoms with van der Waals surface area (Å²) in [6.07, 6.45) is 2.51. The zero-order valence-corrected chi connectivity index (χ0v) is 12.5. The first-order valence-electron chi connectivity index (χ1n) is 7.13. The Morgan fingerprint density at radius 2 is 2.14 bits per heavy atom. The van der Waals surface area contributed by atoms with Crippen molar-refractivity contribution < 1.29 is 19.9 Å². The molecular weight excluding hydrogens is 274 g/mol. The molecule has 1 aromatic rings. The molecule has 1 rings (SSSR count). The molecule has 0 aliphatic rings. The molecule has 1 aromatic carbocycles. The van der Waals surface area contributed by atoms with Gasteiger partial charge in [0.25, 0.3) is 0 Å². The molecule has 21 heavy (non-hydrogen) atoms. The Bertz CT molecular complexity index is 463. The van der Waals surface area contributed by atoms with Crippen LogP contribution in [0.1, 0.15) is 37.7 Å². The van der Waals surface area contributed by atoms with E-state index in [0.717, 1.165) is 12.8 Å². The average Bonchev–Trinajstić information content (AvgIpc) is 2.46. The quantitative estimate of drug-likeness (QED) is 0.540. The molecule has 0 aliphatic heterocycles. The Morgan fingerprint density at radius 1 is 1.43 bits per heavy atom. The highest BCUT2D eigenvalue weighted by Gasteiger charge is 2.30. The molecule has 0 spiro atoms. The van der Waals surface area contributed by atoms with E-state index in [9.17, 15) is 20.3 Å². The van der Waals surface area contributed by atoms with Crippen LogP contribution in [0.15, 0.2) is 18.2 Å². The van der Waals surface area contributed by atoms with Crippen molar-refractivity contribution in [1.29, 1.82) is 0 Å². The second-order valence-electron chi connectivity index (χ2n) is 5.10. The van der Waals surface area contributed by atoms with Gasteiger partial charge in [-0.1, -0.05) is 31.9 Å². The number of unbranched alkanes of at least 4 members (excludes halogenated alkanes) is 1. The van der Waals surface area contributed by atoms with E-state index < -0.39 is 10.8 Å². The van der Waals surface area contributed by atoms with E-state index in [2.05, 4.69) is 0 Å². The van der Waals surface area contributed by atoms with Crippen molar-refractivity contribution >= 4 is 0 Å². The van der Waals surface area contributed by atoms with Crippen LogP contribution in [0.4, 0.5) is 0 Å². The van der Waals surface area contributed by atoms with Crippen molar-refractivity contribution in [2.75, 3.05) is 20.3 Å². The van der Waals surface area contributed by atoms with E-state index in [0.29, 0.717) is 12.0 Å². The summed E-state index contributed by atoms with van der Waals surface area (Å²) in [7, 11) is 1.43. The van der Waals surface area contributed by atoms with E-state index in [4.69, 9.17) is 4.74 Å². The lowest BCUT2D eigenvalue weighted by atomic mass is 9.82. The van der Waals surface area contributed by atoms with E-state index in [1.54, 1.807) is 18.2 Å². The maximum absolute atomic E-state index is 11.0. The number of aliphatic hydroxyl groups excluding tert-OH is 1. The minimum Gasteiger partial charge on any atom is -0.504 e. The van der Waals surface area contributed by atoms with Crippen LogP contribution in [0, 0.1) is 16.0 Å². The van der Waals surface area contributed by atoms with Crippen molar-refractivity contribution in [1.82, 2.24) is 0 Å². The molecule has 0 radical (unpaired) electrons. The predicted octanol–water partition coefficient (Wildman–Crippen LogP) is 2.56. The third-order valence-corrected chi connectivity index (χ3v) is 3.73. The lowest BCUT2D eigenvalue weighted by Gasteiger charge is -2.24. The van der Waals surface area contributed by atoms with E-state index in [1.807, 2.05) is 6.92 Å². The summed E-state index contributed by atoms with van der Waals surface area (Å²) < 4.78 is 5.05. The number of ether oxygens (including phenoxy) is 1. The molecule has 0 heterocycles. The minimum atomic E-state index is -0.536. The molecule has 6 heteroatoms. The van der Waals surface area contributed by atoms with Crippen molar-refractivity contribution in [2.24, 2.45) is 5.92 Å². The van der Waals surface area contributed by atoms with E-state index in [-0.39, 0.29) is 30.6 Å². The van der Waals surface area contributed by atoms with Crippen molar-refractivity contribution in [3.8, 4) is 11.5 Å². The summed E-state index contributed by atoms with van der Waals surface area (Å²) >= 11 is 0. The summed E-state index contributed by atoms with van der Waals surface area (Å²) in [5.74, 6) is -0.588. The third-order valence-electron chi connectivity index (χ3n) is 3.73. The molecule has 0 bridgehead atoms. The lowest BCUT2D eigenvalue weighted by Crippen LogP contribution is -2.24. The number of aliphatic hydroxyl groups is 1. The van der Waals surface area contributed by atoms with Gasteiger partial charge < -0.3 is 14.9 Å². The van der Waals surface area contributed by atoms with Crippen LogP contribution >= 0.6 is 0 Å². The highest BCUT2D eigenvalue weighted by Crippen LogP contribution is 2.39. The molecule has 0 saturated heterocycles. The fourth-order valence-corrected chi connectivity index (χ4v) is 2.55. The maximum atomic E-state index is 11.0. The number of aromatic hydroxyl groups is 1. The van der Waals surface area contributed by atoms with Gasteiger partial charge >= 0.3 is 0 Å². The highest BCUT2D eigenvalue weighted by molar-refractivity contribution is 5.47. The summed E-state index contributed by atoms with van der Waals surface area (Å²) in [6, 6.07) is 4.94. The number of hydrogen-bond acceptors (Lipinski definition) is 5. The first-order chi connectivity index (χ1) is 10.0. The largest absolute Gasteiger partial charge is 0.504 e. The number of phenolic OH excluding ortho intramolecular Hbond substituents is 1. The Labute approximate surface area is 124 Å². The van der Waals surface area contributed by atoms with Crippen LogP contribution in [0.2, 0.25) is 0 Å². The number of methoxy groups -OCH3 is 1. The standard InChI is InChI=1S/C15H23NO5/c1-3-4-6-11(10-17)13(9-16(19)20)12-7-5-8-14(21-2)15(12)18/h5,7-8,11,13,17-18H,3-4,6,9-10H2,1-2H3/t11-,13-/m1/s1. The number of nitro groups is 1. The van der Waals surface area contributed by atoms with Gasteiger partial charge in [0.2, 0.25) is 6.54 Å². The molecule has 6 nitrogen and oxygen atoms in total. The number of benzene rings is 1. The molecule has 2 N–H and O–H groups in total. The van der Waals surface area contributed by atoms with Gasteiger partial charge in [0.15, 0.2) is 11.5 Å². The second-order valence-corrected chi connectivity index (χ2v) is 5.10. The Hall–Kier alpha value is -1.82. The first kappa shape index (κ1) is 17.2. The molecule has 0 aromatic heterocycles. The minimum absolute atomic E-state index is 0.0817. The molecule has 0 amide bonds. The molecule has 0 saturated carbocycles. The normalized spacial score (nSPS) is 13.7. The van der Waals surface area contributed by atoms with Crippen molar-refractivity contribution in [2.45, 2.75) is 32.1 Å². The summed E-state index contributed by atoms with van der Waals surface area (Å²) in [6.45, 7) is 1.56. The van der Waals surface area contributed by atoms with E-state index >= 15 is 0 Å². The smallest absolute Gasteiger partial charge is 0.211 e. The molecule has 2 atom stereocenters. The first-order valence-corrected chi connectivity index (χ1v) is 7.13. The average molecular weight is 297 g/mol. The van der Waals surface area contributed by atoms with Crippen LogP contribution in [-0.4, -0.2) is 35.4 Å². The van der Waals surface area contributed by atoms with Gasteiger partial charge in [-0.2, -0.15) is 0 Å². The van der Waals surface area contributed by atoms with Crippen molar-refractivity contribution in [3.63, 3.8) is 0 Å². The SMILES string of the molecule is CCCC[C@H](CO)[C@@H](C[N+](=O)[O-])c1cccc(OC)c1O. The zero-order valence-electron chi connectivity index (χ0n) is 12.5. The van der Waals surface area contributed by atoms with Gasteiger partial charge in [-0.05, 0) is 18.4 Å². The molecular formula is C15H23NO5. The van der Waals surface area contributed by atoms with Gasteiger partial charge in [-0.3, -0.25) is 10.1 Å². The van der Waals surface area contributed by atoms with Gasteiger partial charge in [-0.25, -0.2) is 0 Å². The number of hydrogen-bond donors (Lipinski definition) is 2. The fraction of sp³-hybridized carbons (Fsp3) is 0.600. The third kappa shape index (κ3) is 4.60. The van der Waals surface area contributed by atoms with Crippen LogP contribution in [0.25, 0.3) is 0 Å². The molecule has 0 fully saturated rings. The Balaban J connectivity index is 3.14. The van der Waals surface area contributed by atoms with Gasteiger partial charge in [0, 0.05) is 17.1 Å². The maximum Gasteiger partial charge on any atom is 0.211 e. The molecule has 118 valence electrons.